The Bertz CT molecular complexity index is 1190. The highest BCUT2D eigenvalue weighted by Gasteiger charge is 2.20. The van der Waals surface area contributed by atoms with Gasteiger partial charge >= 0.3 is 0 Å². The van der Waals surface area contributed by atoms with E-state index >= 15 is 0 Å². The van der Waals surface area contributed by atoms with Gasteiger partial charge in [-0.25, -0.2) is 8.42 Å². The molecule has 0 radical (unpaired) electrons. The van der Waals surface area contributed by atoms with Crippen LogP contribution in [0.25, 0.3) is 0 Å². The number of aryl methyl sites for hydroxylation is 1. The summed E-state index contributed by atoms with van der Waals surface area (Å²) in [5.41, 5.74) is 1.94. The van der Waals surface area contributed by atoms with Crippen LogP contribution in [0.1, 0.15) is 22.8 Å². The number of rotatable bonds is 6. The predicted octanol–water partition coefficient (Wildman–Crippen LogP) is 4.03. The molecule has 8 heteroatoms. The molecule has 154 valence electrons. The predicted molar refractivity (Wildman–Crippen MR) is 114 cm³/mol. The van der Waals surface area contributed by atoms with Gasteiger partial charge in [-0.2, -0.15) is 0 Å². The van der Waals surface area contributed by atoms with Gasteiger partial charge in [0, 0.05) is 11.8 Å². The van der Waals surface area contributed by atoms with Crippen molar-refractivity contribution in [2.24, 2.45) is 0 Å². The fraction of sp³-hybridized carbons (Fsp3) is 0.136. The van der Waals surface area contributed by atoms with E-state index in [1.165, 1.54) is 0 Å². The third kappa shape index (κ3) is 4.08. The van der Waals surface area contributed by atoms with Crippen molar-refractivity contribution in [3.63, 3.8) is 0 Å². The van der Waals surface area contributed by atoms with E-state index < -0.39 is 15.9 Å². The molecule has 0 aliphatic carbocycles. The topological polar surface area (TPSA) is 93.7 Å². The molecule has 0 saturated heterocycles. The third-order valence-corrected chi connectivity index (χ3v) is 6.07. The molecule has 0 fully saturated rings. The van der Waals surface area contributed by atoms with Crippen LogP contribution in [0.15, 0.2) is 71.6 Å². The Labute approximate surface area is 174 Å². The van der Waals surface area contributed by atoms with E-state index in [0.717, 1.165) is 12.0 Å². The summed E-state index contributed by atoms with van der Waals surface area (Å²) in [5, 5.41) is 2.76. The normalized spacial score (nSPS) is 12.4. The van der Waals surface area contributed by atoms with Gasteiger partial charge in [0.2, 0.25) is 6.79 Å². The molecule has 0 aromatic heterocycles. The zero-order valence-electron chi connectivity index (χ0n) is 16.2. The number of fused-ring (bicyclic) bond motifs is 1. The Kier molecular flexibility index (Phi) is 5.33. The molecule has 0 spiro atoms. The van der Waals surface area contributed by atoms with E-state index in [1.807, 2.05) is 6.92 Å². The third-order valence-electron chi connectivity index (χ3n) is 4.69. The lowest BCUT2D eigenvalue weighted by atomic mass is 10.1. The lowest BCUT2D eigenvalue weighted by molar-refractivity contribution is 0.102. The fourth-order valence-electron chi connectivity index (χ4n) is 3.05. The summed E-state index contributed by atoms with van der Waals surface area (Å²) < 4.78 is 38.7. The maximum atomic E-state index is 12.8. The van der Waals surface area contributed by atoms with E-state index in [-0.39, 0.29) is 22.9 Å². The van der Waals surface area contributed by atoms with Crippen LogP contribution in [0.5, 0.6) is 11.5 Å². The first-order valence-electron chi connectivity index (χ1n) is 9.38. The highest BCUT2D eigenvalue weighted by Crippen LogP contribution is 2.34. The van der Waals surface area contributed by atoms with Gasteiger partial charge in [0.25, 0.3) is 15.9 Å². The molecule has 0 unspecified atom stereocenters. The number of carbonyl (C=O) groups is 1. The molecule has 0 bridgehead atoms. The first-order valence-corrected chi connectivity index (χ1v) is 10.9. The van der Waals surface area contributed by atoms with E-state index in [2.05, 4.69) is 10.0 Å². The van der Waals surface area contributed by atoms with Gasteiger partial charge in [0.05, 0.1) is 16.1 Å². The number of sulfonamides is 1. The van der Waals surface area contributed by atoms with Crippen LogP contribution in [-0.2, 0) is 16.4 Å². The molecule has 4 rings (SSSR count). The van der Waals surface area contributed by atoms with Crippen LogP contribution < -0.4 is 19.5 Å². The van der Waals surface area contributed by atoms with Gasteiger partial charge in [-0.05, 0) is 48.4 Å². The molecular weight excluding hydrogens is 404 g/mol. The quantitative estimate of drug-likeness (QED) is 0.623. The maximum Gasteiger partial charge on any atom is 0.261 e. The van der Waals surface area contributed by atoms with Gasteiger partial charge < -0.3 is 14.8 Å². The SMILES string of the molecule is CCc1ccc(S(=O)(=O)Nc2ccccc2C(=O)Nc2ccc3c(c2)OCO3)cc1. The van der Waals surface area contributed by atoms with Gasteiger partial charge in [0.1, 0.15) is 0 Å². The molecule has 7 nitrogen and oxygen atoms in total. The number of para-hydroxylation sites is 1. The van der Waals surface area contributed by atoms with Crippen LogP contribution in [-0.4, -0.2) is 21.1 Å². The summed E-state index contributed by atoms with van der Waals surface area (Å²) in [4.78, 5) is 13.0. The number of anilines is 2. The second kappa shape index (κ2) is 8.08. The number of hydrogen-bond acceptors (Lipinski definition) is 5. The summed E-state index contributed by atoms with van der Waals surface area (Å²) in [7, 11) is -3.84. The van der Waals surface area contributed by atoms with Crippen molar-refractivity contribution >= 4 is 27.3 Å². The van der Waals surface area contributed by atoms with Crippen molar-refractivity contribution in [2.45, 2.75) is 18.2 Å². The molecule has 1 amide bonds. The Balaban J connectivity index is 1.56. The van der Waals surface area contributed by atoms with Gasteiger partial charge in [-0.1, -0.05) is 31.2 Å². The average Bonchev–Trinajstić information content (AvgIpc) is 3.22. The summed E-state index contributed by atoms with van der Waals surface area (Å²) in [5.74, 6) is 0.695. The molecule has 1 heterocycles. The van der Waals surface area contributed by atoms with Crippen molar-refractivity contribution in [1.82, 2.24) is 0 Å². The number of benzene rings is 3. The minimum atomic E-state index is -3.84. The van der Waals surface area contributed by atoms with E-state index in [1.54, 1.807) is 66.7 Å². The van der Waals surface area contributed by atoms with Crippen molar-refractivity contribution in [3.05, 3.63) is 77.9 Å². The van der Waals surface area contributed by atoms with E-state index in [4.69, 9.17) is 9.47 Å². The van der Waals surface area contributed by atoms with Crippen molar-refractivity contribution in [2.75, 3.05) is 16.8 Å². The van der Waals surface area contributed by atoms with Crippen LogP contribution in [0.4, 0.5) is 11.4 Å². The smallest absolute Gasteiger partial charge is 0.261 e. The summed E-state index contributed by atoms with van der Waals surface area (Å²) >= 11 is 0. The Morgan fingerprint density at radius 3 is 2.47 bits per heavy atom. The molecule has 2 N–H and O–H groups in total. The minimum absolute atomic E-state index is 0.130. The summed E-state index contributed by atoms with van der Waals surface area (Å²) in [6, 6.07) is 18.1. The number of ether oxygens (including phenoxy) is 2. The Morgan fingerprint density at radius 2 is 1.70 bits per heavy atom. The zero-order valence-corrected chi connectivity index (χ0v) is 17.0. The molecule has 0 atom stereocenters. The lowest BCUT2D eigenvalue weighted by Gasteiger charge is -2.13. The molecule has 3 aromatic carbocycles. The number of amides is 1. The van der Waals surface area contributed by atoms with Crippen LogP contribution in [0, 0.1) is 0 Å². The zero-order chi connectivity index (χ0) is 21.1. The van der Waals surface area contributed by atoms with E-state index in [9.17, 15) is 13.2 Å². The first kappa shape index (κ1) is 19.8. The van der Waals surface area contributed by atoms with Crippen LogP contribution >= 0.6 is 0 Å². The second-order valence-corrected chi connectivity index (χ2v) is 8.35. The first-order chi connectivity index (χ1) is 14.5. The molecule has 3 aromatic rings. The summed E-state index contributed by atoms with van der Waals surface area (Å²) in [6.45, 7) is 2.13. The second-order valence-electron chi connectivity index (χ2n) is 6.67. The Morgan fingerprint density at radius 1 is 0.967 bits per heavy atom. The molecule has 0 saturated carbocycles. The number of carbonyl (C=O) groups excluding carboxylic acids is 1. The monoisotopic (exact) mass is 424 g/mol. The molecule has 30 heavy (non-hydrogen) atoms. The summed E-state index contributed by atoms with van der Waals surface area (Å²) in [6.07, 6.45) is 0.816. The van der Waals surface area contributed by atoms with Crippen molar-refractivity contribution in [1.29, 1.82) is 0 Å². The molecule has 1 aliphatic heterocycles. The van der Waals surface area contributed by atoms with Crippen LogP contribution in [0.2, 0.25) is 0 Å². The largest absolute Gasteiger partial charge is 0.454 e. The standard InChI is InChI=1S/C22H20N2O5S/c1-2-15-7-10-17(11-8-15)30(26,27)24-19-6-4-3-5-18(19)22(25)23-16-9-12-20-21(13-16)29-14-28-20/h3-13,24H,2,14H2,1H3,(H,23,25). The Hall–Kier alpha value is -3.52. The fourth-order valence-corrected chi connectivity index (χ4v) is 4.13. The van der Waals surface area contributed by atoms with Gasteiger partial charge in [0.15, 0.2) is 11.5 Å². The average molecular weight is 424 g/mol. The van der Waals surface area contributed by atoms with Crippen LogP contribution in [0.3, 0.4) is 0 Å². The number of nitrogens with one attached hydrogen (secondary N) is 2. The highest BCUT2D eigenvalue weighted by molar-refractivity contribution is 7.92. The number of hydrogen-bond donors (Lipinski definition) is 2. The van der Waals surface area contributed by atoms with E-state index in [0.29, 0.717) is 17.2 Å². The van der Waals surface area contributed by atoms with Crippen molar-refractivity contribution in [3.8, 4) is 11.5 Å². The van der Waals surface area contributed by atoms with Gasteiger partial charge in [-0.3, -0.25) is 9.52 Å². The van der Waals surface area contributed by atoms with Crippen molar-refractivity contribution < 1.29 is 22.7 Å². The highest BCUT2D eigenvalue weighted by atomic mass is 32.2. The molecule has 1 aliphatic rings. The lowest BCUT2D eigenvalue weighted by Crippen LogP contribution is -2.18. The molecular formula is C22H20N2O5S. The maximum absolute atomic E-state index is 12.8. The minimum Gasteiger partial charge on any atom is -0.454 e. The van der Waals surface area contributed by atoms with Gasteiger partial charge in [-0.15, -0.1) is 0 Å².